The van der Waals surface area contributed by atoms with Crippen molar-refractivity contribution in [2.75, 3.05) is 12.8 Å². The van der Waals surface area contributed by atoms with Gasteiger partial charge in [0.2, 0.25) is 0 Å². The Morgan fingerprint density at radius 2 is 1.67 bits per heavy atom. The van der Waals surface area contributed by atoms with Crippen molar-refractivity contribution < 1.29 is 4.79 Å². The lowest BCUT2D eigenvalue weighted by atomic mass is 9.98. The van der Waals surface area contributed by atoms with E-state index in [2.05, 4.69) is 0 Å². The van der Waals surface area contributed by atoms with Crippen LogP contribution in [0.1, 0.15) is 32.6 Å². The molecule has 0 saturated heterocycles. The van der Waals surface area contributed by atoms with E-state index in [1.165, 1.54) is 5.56 Å². The molecule has 0 unspecified atom stereocenters. The Morgan fingerprint density at radius 3 is 2.24 bits per heavy atom. The summed E-state index contributed by atoms with van der Waals surface area (Å²) in [5, 5.41) is 0. The van der Waals surface area contributed by atoms with Gasteiger partial charge in [-0.15, -0.1) is 0 Å². The Hall–Kier alpha value is -2.29. The highest BCUT2D eigenvalue weighted by molar-refractivity contribution is 5.97. The fourth-order valence-corrected chi connectivity index (χ4v) is 2.71. The minimum Gasteiger partial charge on any atom is -0.398 e. The van der Waals surface area contributed by atoms with Gasteiger partial charge in [-0.25, -0.2) is 0 Å². The molecule has 0 aliphatic carbocycles. The maximum Gasteiger partial charge on any atom is 0.254 e. The van der Waals surface area contributed by atoms with E-state index in [1.54, 1.807) is 4.90 Å². The third-order valence-corrected chi connectivity index (χ3v) is 3.70. The first-order valence-electron chi connectivity index (χ1n) is 7.07. The van der Waals surface area contributed by atoms with Crippen molar-refractivity contribution in [1.29, 1.82) is 0 Å². The summed E-state index contributed by atoms with van der Waals surface area (Å²) in [6.07, 6.45) is 0. The molecule has 0 atom stereocenters. The number of para-hydroxylation sites is 1. The molecule has 21 heavy (non-hydrogen) atoms. The third-order valence-electron chi connectivity index (χ3n) is 3.70. The molecule has 0 bridgehead atoms. The number of hydrogen-bond acceptors (Lipinski definition) is 2. The Labute approximate surface area is 126 Å². The molecule has 0 aromatic heterocycles. The first kappa shape index (κ1) is 15.1. The van der Waals surface area contributed by atoms with Crippen LogP contribution in [0.25, 0.3) is 0 Å². The number of nitrogens with zero attached hydrogens (tertiary/aromatic N) is 1. The fraction of sp³-hybridized carbons (Fsp3) is 0.278. The molecule has 0 spiro atoms. The van der Waals surface area contributed by atoms with Crippen LogP contribution in [0.3, 0.4) is 0 Å². The van der Waals surface area contributed by atoms with Crippen molar-refractivity contribution in [2.45, 2.75) is 27.3 Å². The Kier molecular flexibility index (Phi) is 4.32. The lowest BCUT2D eigenvalue weighted by Gasteiger charge is -2.21. The average Bonchev–Trinajstić information content (AvgIpc) is 2.40. The van der Waals surface area contributed by atoms with E-state index in [1.807, 2.05) is 64.2 Å². The molecule has 2 aromatic carbocycles. The Balaban J connectivity index is 2.26. The number of nitrogen functional groups attached to an aromatic ring is 1. The standard InChI is InChI=1S/C18H22N2O/c1-12-9-13(2)17(14(3)10-12)18(21)20(4)11-15-7-5-6-8-16(15)19/h5-10H,11,19H2,1-4H3. The van der Waals surface area contributed by atoms with Crippen molar-refractivity contribution in [3.05, 3.63) is 64.2 Å². The van der Waals surface area contributed by atoms with Crippen LogP contribution >= 0.6 is 0 Å². The quantitative estimate of drug-likeness (QED) is 0.876. The first-order chi connectivity index (χ1) is 9.90. The molecule has 2 N–H and O–H groups in total. The maximum atomic E-state index is 12.7. The van der Waals surface area contributed by atoms with Gasteiger partial charge in [0.05, 0.1) is 0 Å². The first-order valence-corrected chi connectivity index (χ1v) is 7.07. The fourth-order valence-electron chi connectivity index (χ4n) is 2.71. The third kappa shape index (κ3) is 3.24. The molecular weight excluding hydrogens is 260 g/mol. The van der Waals surface area contributed by atoms with Gasteiger partial charge in [0, 0.05) is 24.8 Å². The molecule has 0 radical (unpaired) electrons. The predicted molar refractivity (Wildman–Crippen MR) is 87.3 cm³/mol. The molecule has 0 saturated carbocycles. The highest BCUT2D eigenvalue weighted by atomic mass is 16.2. The van der Waals surface area contributed by atoms with Gasteiger partial charge in [-0.05, 0) is 43.5 Å². The van der Waals surface area contributed by atoms with E-state index in [0.717, 1.165) is 27.9 Å². The second-order valence-corrected chi connectivity index (χ2v) is 5.63. The van der Waals surface area contributed by atoms with E-state index in [4.69, 9.17) is 5.73 Å². The van der Waals surface area contributed by atoms with Gasteiger partial charge in [-0.3, -0.25) is 4.79 Å². The number of amides is 1. The van der Waals surface area contributed by atoms with Crippen LogP contribution < -0.4 is 5.73 Å². The molecule has 2 aromatic rings. The van der Waals surface area contributed by atoms with E-state index >= 15 is 0 Å². The van der Waals surface area contributed by atoms with E-state index in [-0.39, 0.29) is 5.91 Å². The van der Waals surface area contributed by atoms with E-state index < -0.39 is 0 Å². The van der Waals surface area contributed by atoms with Gasteiger partial charge in [-0.2, -0.15) is 0 Å². The van der Waals surface area contributed by atoms with Crippen LogP contribution in [-0.4, -0.2) is 17.9 Å². The number of aryl methyl sites for hydroxylation is 3. The molecule has 0 aliphatic heterocycles. The van der Waals surface area contributed by atoms with Gasteiger partial charge < -0.3 is 10.6 Å². The highest BCUT2D eigenvalue weighted by Gasteiger charge is 2.17. The van der Waals surface area contributed by atoms with Crippen LogP contribution in [0.5, 0.6) is 0 Å². The minimum absolute atomic E-state index is 0.0354. The van der Waals surface area contributed by atoms with Crippen LogP contribution in [0.2, 0.25) is 0 Å². The lowest BCUT2D eigenvalue weighted by molar-refractivity contribution is 0.0784. The Bertz CT molecular complexity index is 654. The minimum atomic E-state index is 0.0354. The van der Waals surface area contributed by atoms with Crippen molar-refractivity contribution in [3.8, 4) is 0 Å². The van der Waals surface area contributed by atoms with Crippen molar-refractivity contribution in [1.82, 2.24) is 4.90 Å². The number of anilines is 1. The van der Waals surface area contributed by atoms with Crippen molar-refractivity contribution in [2.24, 2.45) is 0 Å². The zero-order valence-corrected chi connectivity index (χ0v) is 13.1. The van der Waals surface area contributed by atoms with Gasteiger partial charge in [0.25, 0.3) is 5.91 Å². The number of carbonyl (C=O) groups is 1. The summed E-state index contributed by atoms with van der Waals surface area (Å²) in [5.74, 6) is 0.0354. The van der Waals surface area contributed by atoms with Gasteiger partial charge >= 0.3 is 0 Å². The second-order valence-electron chi connectivity index (χ2n) is 5.63. The second kappa shape index (κ2) is 6.00. The zero-order chi connectivity index (χ0) is 15.6. The number of carbonyl (C=O) groups excluding carboxylic acids is 1. The molecule has 0 heterocycles. The average molecular weight is 282 g/mol. The van der Waals surface area contributed by atoms with Gasteiger partial charge in [0.15, 0.2) is 0 Å². The number of hydrogen-bond donors (Lipinski definition) is 1. The SMILES string of the molecule is Cc1cc(C)c(C(=O)N(C)Cc2ccccc2N)c(C)c1. The number of nitrogens with two attached hydrogens (primary N) is 1. The van der Waals surface area contributed by atoms with Crippen LogP contribution in [0, 0.1) is 20.8 Å². The van der Waals surface area contributed by atoms with Crippen molar-refractivity contribution >= 4 is 11.6 Å². The summed E-state index contributed by atoms with van der Waals surface area (Å²) in [7, 11) is 1.81. The zero-order valence-electron chi connectivity index (χ0n) is 13.1. The number of rotatable bonds is 3. The van der Waals surface area contributed by atoms with Crippen LogP contribution in [-0.2, 0) is 6.54 Å². The highest BCUT2D eigenvalue weighted by Crippen LogP contribution is 2.20. The normalized spacial score (nSPS) is 10.5. The molecule has 3 nitrogen and oxygen atoms in total. The molecule has 2 rings (SSSR count). The smallest absolute Gasteiger partial charge is 0.254 e. The van der Waals surface area contributed by atoms with E-state index in [9.17, 15) is 4.79 Å². The van der Waals surface area contributed by atoms with Crippen molar-refractivity contribution in [3.63, 3.8) is 0 Å². The van der Waals surface area contributed by atoms with Gasteiger partial charge in [0.1, 0.15) is 0 Å². The largest absolute Gasteiger partial charge is 0.398 e. The summed E-state index contributed by atoms with van der Waals surface area (Å²) in [6, 6.07) is 11.7. The van der Waals surface area contributed by atoms with Gasteiger partial charge in [-0.1, -0.05) is 35.9 Å². The summed E-state index contributed by atoms with van der Waals surface area (Å²) in [6.45, 7) is 6.52. The predicted octanol–water partition coefficient (Wildman–Crippen LogP) is 3.47. The summed E-state index contributed by atoms with van der Waals surface area (Å²) in [4.78, 5) is 14.4. The topological polar surface area (TPSA) is 46.3 Å². The maximum absolute atomic E-state index is 12.7. The molecule has 0 aliphatic rings. The lowest BCUT2D eigenvalue weighted by Crippen LogP contribution is -2.28. The summed E-state index contributed by atoms with van der Waals surface area (Å²) < 4.78 is 0. The van der Waals surface area contributed by atoms with E-state index in [0.29, 0.717) is 6.54 Å². The molecule has 0 fully saturated rings. The summed E-state index contributed by atoms with van der Waals surface area (Å²) in [5.41, 5.74) is 11.6. The molecule has 3 heteroatoms. The molecule has 1 amide bonds. The Morgan fingerprint density at radius 1 is 1.10 bits per heavy atom. The molecular formula is C18H22N2O. The monoisotopic (exact) mass is 282 g/mol. The molecule has 110 valence electrons. The van der Waals surface area contributed by atoms with Crippen LogP contribution in [0.4, 0.5) is 5.69 Å². The van der Waals surface area contributed by atoms with Crippen LogP contribution in [0.15, 0.2) is 36.4 Å². The summed E-state index contributed by atoms with van der Waals surface area (Å²) >= 11 is 0. The number of benzene rings is 2.